The van der Waals surface area contributed by atoms with Gasteiger partial charge in [0.05, 0.1) is 11.0 Å². The fourth-order valence-corrected chi connectivity index (χ4v) is 2.22. The fourth-order valence-electron chi connectivity index (χ4n) is 2.05. The number of nitro benzene ring substituents is 1. The monoisotopic (exact) mass is 340 g/mol. The Morgan fingerprint density at radius 1 is 1.26 bits per heavy atom. The summed E-state index contributed by atoms with van der Waals surface area (Å²) >= 11 is 5.68. The van der Waals surface area contributed by atoms with Crippen LogP contribution in [0.1, 0.15) is 28.9 Å². The number of amides is 1. The Kier molecular flexibility index (Phi) is 4.90. The molecule has 5 nitrogen and oxygen atoms in total. The third-order valence-corrected chi connectivity index (χ3v) is 3.41. The molecule has 0 aliphatic carbocycles. The molecule has 2 rings (SSSR count). The number of nitrogens with zero attached hydrogens (tertiary/aromatic N) is 1. The number of halogens is 3. The highest BCUT2D eigenvalue weighted by Crippen LogP contribution is 2.24. The highest BCUT2D eigenvalue weighted by atomic mass is 35.5. The summed E-state index contributed by atoms with van der Waals surface area (Å²) in [6.45, 7) is 1.48. The minimum atomic E-state index is -0.816. The van der Waals surface area contributed by atoms with Crippen molar-refractivity contribution in [1.29, 1.82) is 0 Å². The van der Waals surface area contributed by atoms with Gasteiger partial charge in [-0.25, -0.2) is 8.78 Å². The Morgan fingerprint density at radius 3 is 2.57 bits per heavy atom. The molecule has 2 aromatic rings. The number of benzene rings is 2. The lowest BCUT2D eigenvalue weighted by atomic mass is 10.1. The van der Waals surface area contributed by atoms with E-state index >= 15 is 0 Å². The van der Waals surface area contributed by atoms with E-state index in [1.807, 2.05) is 0 Å². The number of rotatable bonds is 4. The molecule has 0 saturated carbocycles. The van der Waals surface area contributed by atoms with Crippen LogP contribution in [-0.4, -0.2) is 10.8 Å². The summed E-state index contributed by atoms with van der Waals surface area (Å²) in [6, 6.07) is 5.76. The molecular formula is C15H11ClF2N2O3. The van der Waals surface area contributed by atoms with E-state index in [4.69, 9.17) is 11.6 Å². The first kappa shape index (κ1) is 16.8. The first-order chi connectivity index (χ1) is 10.8. The maximum Gasteiger partial charge on any atom is 0.283 e. The molecule has 0 aliphatic heterocycles. The van der Waals surface area contributed by atoms with Crippen molar-refractivity contribution in [1.82, 2.24) is 5.32 Å². The molecule has 1 amide bonds. The second-order valence-corrected chi connectivity index (χ2v) is 5.22. The zero-order valence-electron chi connectivity index (χ0n) is 11.8. The minimum Gasteiger partial charge on any atom is -0.345 e. The Balaban J connectivity index is 2.27. The van der Waals surface area contributed by atoms with Gasteiger partial charge in [-0.3, -0.25) is 14.9 Å². The molecule has 0 saturated heterocycles. The second-order valence-electron chi connectivity index (χ2n) is 4.78. The minimum absolute atomic E-state index is 0.0661. The van der Waals surface area contributed by atoms with Gasteiger partial charge in [0.2, 0.25) is 0 Å². The summed E-state index contributed by atoms with van der Waals surface area (Å²) in [5, 5.41) is 13.5. The van der Waals surface area contributed by atoms with E-state index in [9.17, 15) is 23.7 Å². The van der Waals surface area contributed by atoms with Gasteiger partial charge in [-0.1, -0.05) is 17.7 Å². The largest absolute Gasteiger partial charge is 0.345 e. The number of nitro groups is 1. The smallest absolute Gasteiger partial charge is 0.283 e. The molecule has 8 heteroatoms. The molecule has 2 aromatic carbocycles. The Morgan fingerprint density at radius 2 is 1.96 bits per heavy atom. The van der Waals surface area contributed by atoms with Gasteiger partial charge in [-0.2, -0.15) is 0 Å². The van der Waals surface area contributed by atoms with Crippen molar-refractivity contribution < 1.29 is 18.5 Å². The Labute approximate surface area is 135 Å². The number of nitrogens with one attached hydrogen (secondary N) is 1. The lowest BCUT2D eigenvalue weighted by Crippen LogP contribution is -2.27. The molecule has 23 heavy (non-hydrogen) atoms. The maximum absolute atomic E-state index is 13.7. The van der Waals surface area contributed by atoms with Gasteiger partial charge in [0.25, 0.3) is 11.6 Å². The molecule has 0 unspecified atom stereocenters. The molecule has 120 valence electrons. The zero-order chi connectivity index (χ0) is 17.1. The van der Waals surface area contributed by atoms with Gasteiger partial charge in [0, 0.05) is 22.7 Å². The SMILES string of the molecule is C[C@H](NC(=O)c1ccc(Cl)cc1[N+](=O)[O-])c1ccc(F)cc1F. The third-order valence-electron chi connectivity index (χ3n) is 3.18. The number of carbonyl (C=O) groups excluding carboxylic acids is 1. The van der Waals surface area contributed by atoms with Gasteiger partial charge in [0.1, 0.15) is 17.2 Å². The molecule has 0 fully saturated rings. The average molecular weight is 341 g/mol. The van der Waals surface area contributed by atoms with E-state index in [2.05, 4.69) is 5.32 Å². The summed E-state index contributed by atoms with van der Waals surface area (Å²) in [5.41, 5.74) is -0.591. The van der Waals surface area contributed by atoms with Crippen LogP contribution in [-0.2, 0) is 0 Å². The van der Waals surface area contributed by atoms with Crippen LogP contribution in [0, 0.1) is 21.7 Å². The van der Waals surface area contributed by atoms with E-state index in [0.29, 0.717) is 6.07 Å². The van der Waals surface area contributed by atoms with Crippen molar-refractivity contribution >= 4 is 23.2 Å². The predicted molar refractivity (Wildman–Crippen MR) is 80.3 cm³/mol. The fraction of sp³-hybridized carbons (Fsp3) is 0.133. The quantitative estimate of drug-likeness (QED) is 0.675. The van der Waals surface area contributed by atoms with Crippen molar-refractivity contribution in [2.24, 2.45) is 0 Å². The third kappa shape index (κ3) is 3.81. The highest BCUT2D eigenvalue weighted by Gasteiger charge is 2.23. The van der Waals surface area contributed by atoms with Crippen molar-refractivity contribution in [3.8, 4) is 0 Å². The van der Waals surface area contributed by atoms with Crippen molar-refractivity contribution in [2.45, 2.75) is 13.0 Å². The molecule has 0 heterocycles. The van der Waals surface area contributed by atoms with Crippen LogP contribution in [0.5, 0.6) is 0 Å². The van der Waals surface area contributed by atoms with Crippen LogP contribution >= 0.6 is 11.6 Å². The Bertz CT molecular complexity index is 783. The van der Waals surface area contributed by atoms with Crippen molar-refractivity contribution in [3.05, 3.63) is 74.3 Å². The van der Waals surface area contributed by atoms with Crippen molar-refractivity contribution in [2.75, 3.05) is 0 Å². The van der Waals surface area contributed by atoms with Crippen LogP contribution in [0.3, 0.4) is 0 Å². The zero-order valence-corrected chi connectivity index (χ0v) is 12.6. The van der Waals surface area contributed by atoms with E-state index in [1.54, 1.807) is 0 Å². The molecule has 0 spiro atoms. The van der Waals surface area contributed by atoms with E-state index in [1.165, 1.54) is 25.1 Å². The number of hydrogen-bond acceptors (Lipinski definition) is 3. The average Bonchev–Trinajstić information content (AvgIpc) is 2.46. The Hall–Kier alpha value is -2.54. The summed E-state index contributed by atoms with van der Waals surface area (Å²) in [7, 11) is 0. The van der Waals surface area contributed by atoms with E-state index in [0.717, 1.165) is 12.1 Å². The molecule has 0 aromatic heterocycles. The molecular weight excluding hydrogens is 330 g/mol. The molecule has 0 radical (unpaired) electrons. The molecule has 1 N–H and O–H groups in total. The van der Waals surface area contributed by atoms with Crippen LogP contribution in [0.2, 0.25) is 5.02 Å². The van der Waals surface area contributed by atoms with Gasteiger partial charge >= 0.3 is 0 Å². The summed E-state index contributed by atoms with van der Waals surface area (Å²) in [6.07, 6.45) is 0. The molecule has 1 atom stereocenters. The standard InChI is InChI=1S/C15H11ClF2N2O3/c1-8(11-5-3-10(17)7-13(11)18)19-15(21)12-4-2-9(16)6-14(12)20(22)23/h2-8H,1H3,(H,19,21)/t8-/m0/s1. The van der Waals surface area contributed by atoms with E-state index < -0.39 is 34.2 Å². The topological polar surface area (TPSA) is 72.2 Å². The van der Waals surface area contributed by atoms with Gasteiger partial charge < -0.3 is 5.32 Å². The van der Waals surface area contributed by atoms with Crippen LogP contribution in [0.4, 0.5) is 14.5 Å². The lowest BCUT2D eigenvalue weighted by molar-refractivity contribution is -0.385. The molecule has 0 bridgehead atoms. The number of hydrogen-bond donors (Lipinski definition) is 1. The summed E-state index contributed by atoms with van der Waals surface area (Å²) in [4.78, 5) is 22.4. The van der Waals surface area contributed by atoms with Gasteiger partial charge in [-0.05, 0) is 25.1 Å². The maximum atomic E-state index is 13.7. The van der Waals surface area contributed by atoms with Gasteiger partial charge in [0.15, 0.2) is 0 Å². The summed E-state index contributed by atoms with van der Waals surface area (Å²) in [5.74, 6) is -2.31. The second kappa shape index (κ2) is 6.70. The van der Waals surface area contributed by atoms with E-state index in [-0.39, 0.29) is 16.1 Å². The number of carbonyl (C=O) groups is 1. The highest BCUT2D eigenvalue weighted by molar-refractivity contribution is 6.31. The normalized spacial score (nSPS) is 11.8. The predicted octanol–water partition coefficient (Wildman–Crippen LogP) is 4.02. The summed E-state index contributed by atoms with van der Waals surface area (Å²) < 4.78 is 26.6. The first-order valence-corrected chi connectivity index (χ1v) is 6.87. The molecule has 0 aliphatic rings. The van der Waals surface area contributed by atoms with Crippen LogP contribution in [0.15, 0.2) is 36.4 Å². The first-order valence-electron chi connectivity index (χ1n) is 6.49. The lowest BCUT2D eigenvalue weighted by Gasteiger charge is -2.15. The van der Waals surface area contributed by atoms with Gasteiger partial charge in [-0.15, -0.1) is 0 Å². The van der Waals surface area contributed by atoms with Crippen LogP contribution in [0.25, 0.3) is 0 Å². The van der Waals surface area contributed by atoms with Crippen molar-refractivity contribution in [3.63, 3.8) is 0 Å². The van der Waals surface area contributed by atoms with Crippen LogP contribution < -0.4 is 5.32 Å².